The molecular formula is C17H24O3. The number of benzene rings is 1. The average Bonchev–Trinajstić information content (AvgIpc) is 2.38. The van der Waals surface area contributed by atoms with Crippen LogP contribution >= 0.6 is 0 Å². The van der Waals surface area contributed by atoms with Crippen molar-refractivity contribution in [1.82, 2.24) is 0 Å². The molecule has 0 saturated carbocycles. The van der Waals surface area contributed by atoms with Gasteiger partial charge in [-0.3, -0.25) is 0 Å². The summed E-state index contributed by atoms with van der Waals surface area (Å²) in [7, 11) is 1.47. The molecule has 0 radical (unpaired) electrons. The van der Waals surface area contributed by atoms with Gasteiger partial charge in [-0.2, -0.15) is 0 Å². The fourth-order valence-corrected chi connectivity index (χ4v) is 1.94. The van der Waals surface area contributed by atoms with E-state index in [2.05, 4.69) is 32.9 Å². The summed E-state index contributed by atoms with van der Waals surface area (Å²) in [6.45, 7) is 6.27. The van der Waals surface area contributed by atoms with E-state index in [1.165, 1.54) is 24.3 Å². The highest BCUT2D eigenvalue weighted by Crippen LogP contribution is 2.34. The molecule has 0 heterocycles. The van der Waals surface area contributed by atoms with E-state index in [1.54, 1.807) is 6.07 Å². The van der Waals surface area contributed by atoms with Gasteiger partial charge < -0.3 is 14.9 Å². The largest absolute Gasteiger partial charge is 0.508 e. The molecule has 20 heavy (non-hydrogen) atoms. The van der Waals surface area contributed by atoms with Gasteiger partial charge in [0.05, 0.1) is 7.11 Å². The van der Waals surface area contributed by atoms with Gasteiger partial charge in [-0.1, -0.05) is 23.3 Å². The quantitative estimate of drug-likeness (QED) is 0.600. The van der Waals surface area contributed by atoms with Crippen molar-refractivity contribution in [1.29, 1.82) is 0 Å². The second kappa shape index (κ2) is 7.63. The topological polar surface area (TPSA) is 49.7 Å². The van der Waals surface area contributed by atoms with Gasteiger partial charge in [0.2, 0.25) is 0 Å². The van der Waals surface area contributed by atoms with Crippen LogP contribution < -0.4 is 4.74 Å². The SMILES string of the molecule is COc1cc(O)cc(C/C=C(/C)CCC=C(C)C)c1O. The molecule has 0 aliphatic rings. The summed E-state index contributed by atoms with van der Waals surface area (Å²) in [5.74, 6) is 0.500. The Morgan fingerprint density at radius 1 is 1.15 bits per heavy atom. The first-order valence-electron chi connectivity index (χ1n) is 6.82. The van der Waals surface area contributed by atoms with E-state index in [1.807, 2.05) is 0 Å². The van der Waals surface area contributed by atoms with E-state index in [0.717, 1.165) is 12.8 Å². The number of hydrogen-bond donors (Lipinski definition) is 2. The molecule has 0 saturated heterocycles. The molecule has 0 aromatic heterocycles. The Hall–Kier alpha value is -1.90. The second-order valence-corrected chi connectivity index (χ2v) is 5.23. The van der Waals surface area contributed by atoms with Gasteiger partial charge in [0.1, 0.15) is 5.75 Å². The van der Waals surface area contributed by atoms with Crippen molar-refractivity contribution in [3.8, 4) is 17.2 Å². The lowest BCUT2D eigenvalue weighted by Gasteiger charge is -2.09. The number of ether oxygens (including phenoxy) is 1. The first-order valence-corrected chi connectivity index (χ1v) is 6.82. The summed E-state index contributed by atoms with van der Waals surface area (Å²) >= 11 is 0. The highest BCUT2D eigenvalue weighted by atomic mass is 16.5. The lowest BCUT2D eigenvalue weighted by Crippen LogP contribution is -1.90. The Balaban J connectivity index is 2.73. The fraction of sp³-hybridized carbons (Fsp3) is 0.412. The van der Waals surface area contributed by atoms with Crippen molar-refractivity contribution in [2.24, 2.45) is 0 Å². The number of phenols is 2. The van der Waals surface area contributed by atoms with E-state index in [4.69, 9.17) is 4.74 Å². The number of hydrogen-bond acceptors (Lipinski definition) is 3. The minimum atomic E-state index is 0.0960. The molecular weight excluding hydrogens is 252 g/mol. The third-order valence-electron chi connectivity index (χ3n) is 3.12. The first kappa shape index (κ1) is 16.2. The van der Waals surface area contributed by atoms with Gasteiger partial charge in [0.25, 0.3) is 0 Å². The average molecular weight is 276 g/mol. The third-order valence-corrected chi connectivity index (χ3v) is 3.12. The number of rotatable bonds is 6. The molecule has 0 amide bonds. The Bertz CT molecular complexity index is 509. The van der Waals surface area contributed by atoms with Gasteiger partial charge in [0, 0.05) is 11.6 Å². The van der Waals surface area contributed by atoms with Crippen LogP contribution in [0.1, 0.15) is 39.2 Å². The van der Waals surface area contributed by atoms with Crippen molar-refractivity contribution in [2.45, 2.75) is 40.0 Å². The highest BCUT2D eigenvalue weighted by Gasteiger charge is 2.09. The van der Waals surface area contributed by atoms with Gasteiger partial charge in [-0.25, -0.2) is 0 Å². The molecule has 0 spiro atoms. The molecule has 1 aromatic carbocycles. The predicted octanol–water partition coefficient (Wildman–Crippen LogP) is 4.34. The standard InChI is InChI=1S/C17H24O3/c1-12(2)6-5-7-13(3)8-9-14-10-15(18)11-16(20-4)17(14)19/h6,8,10-11,18-19H,5,7,9H2,1-4H3/b13-8-. The summed E-state index contributed by atoms with van der Waals surface area (Å²) in [5, 5.41) is 19.6. The van der Waals surface area contributed by atoms with E-state index < -0.39 is 0 Å². The molecule has 0 bridgehead atoms. The number of methoxy groups -OCH3 is 1. The number of aromatic hydroxyl groups is 2. The van der Waals surface area contributed by atoms with Gasteiger partial charge in [-0.05, 0) is 46.1 Å². The molecule has 0 aliphatic heterocycles. The van der Waals surface area contributed by atoms with E-state index in [9.17, 15) is 10.2 Å². The van der Waals surface area contributed by atoms with Crippen LogP contribution in [-0.4, -0.2) is 17.3 Å². The van der Waals surface area contributed by atoms with Crippen molar-refractivity contribution in [2.75, 3.05) is 7.11 Å². The van der Waals surface area contributed by atoms with Gasteiger partial charge in [0.15, 0.2) is 11.5 Å². The number of phenolic OH excluding ortho intramolecular Hbond substituents is 2. The maximum atomic E-state index is 10.0. The van der Waals surface area contributed by atoms with Gasteiger partial charge in [-0.15, -0.1) is 0 Å². The Kier molecular flexibility index (Phi) is 6.16. The Labute approximate surface area is 121 Å². The zero-order valence-electron chi connectivity index (χ0n) is 12.7. The van der Waals surface area contributed by atoms with Crippen molar-refractivity contribution in [3.05, 3.63) is 41.0 Å². The molecule has 110 valence electrons. The van der Waals surface area contributed by atoms with E-state index in [-0.39, 0.29) is 11.5 Å². The third kappa shape index (κ3) is 5.00. The molecule has 3 nitrogen and oxygen atoms in total. The first-order chi connectivity index (χ1) is 9.43. The minimum absolute atomic E-state index is 0.0960. The van der Waals surface area contributed by atoms with Crippen LogP contribution in [0.15, 0.2) is 35.4 Å². The monoisotopic (exact) mass is 276 g/mol. The molecule has 0 fully saturated rings. The minimum Gasteiger partial charge on any atom is -0.508 e. The molecule has 2 N–H and O–H groups in total. The van der Waals surface area contributed by atoms with Crippen LogP contribution in [0.4, 0.5) is 0 Å². The summed E-state index contributed by atoms with van der Waals surface area (Å²) in [4.78, 5) is 0. The second-order valence-electron chi connectivity index (χ2n) is 5.23. The van der Waals surface area contributed by atoms with Crippen molar-refractivity contribution < 1.29 is 14.9 Å². The molecule has 0 unspecified atom stereocenters. The van der Waals surface area contributed by atoms with Crippen LogP contribution in [0.5, 0.6) is 17.2 Å². The Morgan fingerprint density at radius 3 is 2.45 bits per heavy atom. The number of allylic oxidation sites excluding steroid dienone is 4. The molecule has 1 aromatic rings. The molecule has 3 heteroatoms. The maximum Gasteiger partial charge on any atom is 0.164 e. The smallest absolute Gasteiger partial charge is 0.164 e. The van der Waals surface area contributed by atoms with E-state index >= 15 is 0 Å². The summed E-state index contributed by atoms with van der Waals surface area (Å²) < 4.78 is 5.03. The molecule has 0 atom stereocenters. The summed E-state index contributed by atoms with van der Waals surface area (Å²) in [5.41, 5.74) is 3.26. The zero-order chi connectivity index (χ0) is 15.1. The summed E-state index contributed by atoms with van der Waals surface area (Å²) in [6, 6.07) is 2.97. The van der Waals surface area contributed by atoms with Gasteiger partial charge >= 0.3 is 0 Å². The zero-order valence-corrected chi connectivity index (χ0v) is 12.7. The lowest BCUT2D eigenvalue weighted by molar-refractivity contribution is 0.366. The maximum absolute atomic E-state index is 10.0. The van der Waals surface area contributed by atoms with Crippen LogP contribution in [-0.2, 0) is 6.42 Å². The van der Waals surface area contributed by atoms with Crippen LogP contribution in [0.25, 0.3) is 0 Å². The fourth-order valence-electron chi connectivity index (χ4n) is 1.94. The van der Waals surface area contributed by atoms with Crippen LogP contribution in [0, 0.1) is 0 Å². The highest BCUT2D eigenvalue weighted by molar-refractivity contribution is 5.51. The van der Waals surface area contributed by atoms with Crippen LogP contribution in [0.2, 0.25) is 0 Å². The van der Waals surface area contributed by atoms with E-state index in [0.29, 0.717) is 17.7 Å². The Morgan fingerprint density at radius 2 is 1.85 bits per heavy atom. The molecule has 0 aliphatic carbocycles. The summed E-state index contributed by atoms with van der Waals surface area (Å²) in [6.07, 6.45) is 6.90. The normalized spacial score (nSPS) is 11.3. The lowest BCUT2D eigenvalue weighted by atomic mass is 10.0. The van der Waals surface area contributed by atoms with Crippen LogP contribution in [0.3, 0.4) is 0 Å². The molecule has 1 rings (SSSR count). The van der Waals surface area contributed by atoms with Crippen molar-refractivity contribution >= 4 is 0 Å². The van der Waals surface area contributed by atoms with Crippen molar-refractivity contribution in [3.63, 3.8) is 0 Å². The predicted molar refractivity (Wildman–Crippen MR) is 82.4 cm³/mol.